The zero-order valence-corrected chi connectivity index (χ0v) is 30.8. The summed E-state index contributed by atoms with van der Waals surface area (Å²) in [5.41, 5.74) is 17.0. The van der Waals surface area contributed by atoms with Gasteiger partial charge in [-0.15, -0.1) is 11.3 Å². The summed E-state index contributed by atoms with van der Waals surface area (Å²) < 4.78 is 2.62. The van der Waals surface area contributed by atoms with Gasteiger partial charge in [0.15, 0.2) is 0 Å². The topological polar surface area (TPSA) is 3.24 Å². The van der Waals surface area contributed by atoms with Gasteiger partial charge in [0.2, 0.25) is 0 Å². The minimum Gasteiger partial charge on any atom is -0.310 e. The summed E-state index contributed by atoms with van der Waals surface area (Å²) in [6.07, 6.45) is 0. The van der Waals surface area contributed by atoms with Crippen molar-refractivity contribution in [3.8, 4) is 22.3 Å². The molecule has 7 aromatic carbocycles. The lowest BCUT2D eigenvalue weighted by Gasteiger charge is -2.28. The van der Waals surface area contributed by atoms with Crippen LogP contribution in [0.2, 0.25) is 0 Å². The molecule has 0 saturated heterocycles. The van der Waals surface area contributed by atoms with Crippen LogP contribution in [0.1, 0.15) is 49.9 Å². The number of hydrogen-bond acceptors (Lipinski definition) is 2. The first kappa shape index (κ1) is 31.1. The number of benzene rings is 7. The first-order valence-electron chi connectivity index (χ1n) is 18.3. The van der Waals surface area contributed by atoms with Gasteiger partial charge in [0.05, 0.1) is 0 Å². The monoisotopic (exact) mass is 685 g/mol. The summed E-state index contributed by atoms with van der Waals surface area (Å²) in [5, 5.41) is 2.63. The third kappa shape index (κ3) is 4.60. The average molecular weight is 686 g/mol. The van der Waals surface area contributed by atoms with Gasteiger partial charge >= 0.3 is 0 Å². The molecule has 2 aliphatic carbocycles. The maximum Gasteiger partial charge on any atom is 0.0476 e. The molecular formula is C50H39NS. The first-order chi connectivity index (χ1) is 25.3. The molecule has 0 radical (unpaired) electrons. The summed E-state index contributed by atoms with van der Waals surface area (Å²) in [6.45, 7) is 9.61. The van der Waals surface area contributed by atoms with E-state index in [-0.39, 0.29) is 10.8 Å². The van der Waals surface area contributed by atoms with Gasteiger partial charge in [-0.3, -0.25) is 0 Å². The third-order valence-electron chi connectivity index (χ3n) is 11.6. The van der Waals surface area contributed by atoms with Gasteiger partial charge in [-0.2, -0.15) is 0 Å². The predicted octanol–water partition coefficient (Wildman–Crippen LogP) is 14.4. The molecule has 0 spiro atoms. The molecule has 0 saturated carbocycles. The maximum atomic E-state index is 2.46. The zero-order valence-electron chi connectivity index (χ0n) is 29.9. The maximum absolute atomic E-state index is 2.46. The molecule has 0 amide bonds. The lowest BCUT2D eigenvalue weighted by molar-refractivity contribution is 0.694. The SMILES string of the molecule is CC1(C)C2=C(c3ccccc31)C(C)(C)c1cc(-c3ccc(N(c4ccc(-c5ccccc5)cc4)c4ccc5c(c4)sc4ccccc45)cc3)ccc12. The van der Waals surface area contributed by atoms with E-state index < -0.39 is 0 Å². The van der Waals surface area contributed by atoms with E-state index in [1.807, 2.05) is 11.3 Å². The van der Waals surface area contributed by atoms with Crippen molar-refractivity contribution in [1.29, 1.82) is 0 Å². The summed E-state index contributed by atoms with van der Waals surface area (Å²) in [6, 6.07) is 60.6. The van der Waals surface area contributed by atoms with Gasteiger partial charge in [-0.25, -0.2) is 0 Å². The quantitative estimate of drug-likeness (QED) is 0.174. The molecule has 250 valence electrons. The van der Waals surface area contributed by atoms with Crippen molar-refractivity contribution in [3.63, 3.8) is 0 Å². The van der Waals surface area contributed by atoms with Crippen molar-refractivity contribution in [2.24, 2.45) is 0 Å². The standard InChI is InChI=1S/C50H39NS/c1-49(2)43-16-10-8-15-41(43)47-48(49)42-28-22-35(30-44(42)50(47,3)4)34-20-25-37(26-21-34)51(36-23-18-33(19-24-36)32-12-6-5-7-13-32)38-27-29-40-39-14-9-11-17-45(39)52-46(40)31-38/h5-31H,1-4H3. The van der Waals surface area contributed by atoms with Crippen LogP contribution < -0.4 is 4.90 Å². The van der Waals surface area contributed by atoms with E-state index in [4.69, 9.17) is 0 Å². The van der Waals surface area contributed by atoms with Crippen molar-refractivity contribution in [2.45, 2.75) is 38.5 Å². The van der Waals surface area contributed by atoms with Crippen molar-refractivity contribution in [2.75, 3.05) is 4.90 Å². The Bertz CT molecular complexity index is 2710. The number of nitrogens with zero attached hydrogens (tertiary/aromatic N) is 1. The van der Waals surface area contributed by atoms with E-state index in [0.717, 1.165) is 17.1 Å². The van der Waals surface area contributed by atoms with Crippen LogP contribution in [0.3, 0.4) is 0 Å². The van der Waals surface area contributed by atoms with Gasteiger partial charge < -0.3 is 4.90 Å². The molecule has 1 aromatic heterocycles. The lowest BCUT2D eigenvalue weighted by Crippen LogP contribution is -2.19. The Morgan fingerprint density at radius 3 is 1.63 bits per heavy atom. The zero-order chi connectivity index (χ0) is 35.2. The highest BCUT2D eigenvalue weighted by atomic mass is 32.1. The van der Waals surface area contributed by atoms with Crippen LogP contribution in [0.4, 0.5) is 17.1 Å². The van der Waals surface area contributed by atoms with E-state index >= 15 is 0 Å². The van der Waals surface area contributed by atoms with Gasteiger partial charge in [0.1, 0.15) is 0 Å². The number of allylic oxidation sites excluding steroid dienone is 2. The lowest BCUT2D eigenvalue weighted by atomic mass is 9.75. The molecule has 2 heteroatoms. The Labute approximate surface area is 310 Å². The highest BCUT2D eigenvalue weighted by Gasteiger charge is 2.49. The van der Waals surface area contributed by atoms with Crippen LogP contribution >= 0.6 is 11.3 Å². The molecule has 52 heavy (non-hydrogen) atoms. The Kier molecular flexibility index (Phi) is 6.81. The minimum absolute atomic E-state index is 0.0147. The van der Waals surface area contributed by atoms with Gasteiger partial charge in [0, 0.05) is 48.1 Å². The van der Waals surface area contributed by atoms with Gasteiger partial charge in [-0.1, -0.05) is 143 Å². The molecule has 0 fully saturated rings. The molecule has 0 atom stereocenters. The molecule has 8 aromatic rings. The number of rotatable bonds is 5. The van der Waals surface area contributed by atoms with Gasteiger partial charge in [0.25, 0.3) is 0 Å². The number of fused-ring (bicyclic) bond motifs is 7. The van der Waals surface area contributed by atoms with E-state index in [2.05, 4.69) is 196 Å². The van der Waals surface area contributed by atoms with E-state index in [1.165, 1.54) is 75.8 Å². The highest BCUT2D eigenvalue weighted by molar-refractivity contribution is 7.25. The Morgan fingerprint density at radius 1 is 0.385 bits per heavy atom. The van der Waals surface area contributed by atoms with Crippen LogP contribution in [-0.4, -0.2) is 0 Å². The fourth-order valence-electron chi connectivity index (χ4n) is 9.08. The third-order valence-corrected chi connectivity index (χ3v) is 12.8. The Balaban J connectivity index is 1.04. The van der Waals surface area contributed by atoms with Crippen molar-refractivity contribution >= 4 is 59.7 Å². The smallest absolute Gasteiger partial charge is 0.0476 e. The summed E-state index contributed by atoms with van der Waals surface area (Å²) in [4.78, 5) is 2.39. The minimum atomic E-state index is -0.0710. The van der Waals surface area contributed by atoms with E-state index in [0.29, 0.717) is 0 Å². The van der Waals surface area contributed by atoms with Crippen molar-refractivity contribution in [1.82, 2.24) is 0 Å². The predicted molar refractivity (Wildman–Crippen MR) is 224 cm³/mol. The first-order valence-corrected chi connectivity index (χ1v) is 19.1. The van der Waals surface area contributed by atoms with Crippen molar-refractivity contribution < 1.29 is 0 Å². The summed E-state index contributed by atoms with van der Waals surface area (Å²) in [5.74, 6) is 0. The summed E-state index contributed by atoms with van der Waals surface area (Å²) in [7, 11) is 0. The largest absolute Gasteiger partial charge is 0.310 e. The summed E-state index contributed by atoms with van der Waals surface area (Å²) >= 11 is 1.86. The van der Waals surface area contributed by atoms with Crippen LogP contribution in [0.15, 0.2) is 164 Å². The van der Waals surface area contributed by atoms with Crippen LogP contribution in [0.25, 0.3) is 53.6 Å². The van der Waals surface area contributed by atoms with E-state index in [1.54, 1.807) is 0 Å². The molecular weight excluding hydrogens is 647 g/mol. The normalized spacial score (nSPS) is 15.2. The molecule has 2 aliphatic rings. The second kappa shape index (κ2) is 11.4. The fraction of sp³-hybridized carbons (Fsp3) is 0.120. The van der Waals surface area contributed by atoms with Crippen molar-refractivity contribution in [3.05, 3.63) is 186 Å². The fourth-order valence-corrected chi connectivity index (χ4v) is 10.2. The second-order valence-corrected chi connectivity index (χ2v) is 16.5. The molecule has 0 aliphatic heterocycles. The van der Waals surface area contributed by atoms with E-state index in [9.17, 15) is 0 Å². The van der Waals surface area contributed by atoms with Gasteiger partial charge in [-0.05, 0) is 104 Å². The molecule has 0 unspecified atom stereocenters. The second-order valence-electron chi connectivity index (χ2n) is 15.4. The average Bonchev–Trinajstić information content (AvgIpc) is 3.76. The van der Waals surface area contributed by atoms with Crippen LogP contribution in [0, 0.1) is 0 Å². The number of hydrogen-bond donors (Lipinski definition) is 0. The number of thiophene rings is 1. The van der Waals surface area contributed by atoms with Crippen LogP contribution in [-0.2, 0) is 10.8 Å². The van der Waals surface area contributed by atoms with Crippen LogP contribution in [0.5, 0.6) is 0 Å². The molecule has 1 heterocycles. The molecule has 1 nitrogen and oxygen atoms in total. The number of anilines is 3. The molecule has 0 N–H and O–H groups in total. The Morgan fingerprint density at radius 2 is 0.904 bits per heavy atom. The molecule has 10 rings (SSSR count). The molecule has 0 bridgehead atoms. The highest BCUT2D eigenvalue weighted by Crippen LogP contribution is 2.62. The Hall–Kier alpha value is -5.70.